The molecule has 6 nitrogen and oxygen atoms in total. The average Bonchev–Trinajstić information content (AvgIpc) is 3.20. The van der Waals surface area contributed by atoms with Gasteiger partial charge in [0.15, 0.2) is 0 Å². The molecule has 0 aromatic carbocycles. The predicted octanol–water partition coefficient (Wildman–Crippen LogP) is 1.43. The van der Waals surface area contributed by atoms with Gasteiger partial charge in [0.05, 0.1) is 12.8 Å². The zero-order valence-electron chi connectivity index (χ0n) is 12.0. The first-order valence-electron chi connectivity index (χ1n) is 6.82. The summed E-state index contributed by atoms with van der Waals surface area (Å²) in [6, 6.07) is 2.13. The van der Waals surface area contributed by atoms with E-state index < -0.39 is 0 Å². The minimum Gasteiger partial charge on any atom is -0.469 e. The minimum atomic E-state index is -0.253. The van der Waals surface area contributed by atoms with Gasteiger partial charge in [-0.25, -0.2) is 0 Å². The van der Waals surface area contributed by atoms with Crippen LogP contribution in [0.3, 0.4) is 0 Å². The highest BCUT2D eigenvalue weighted by Crippen LogP contribution is 2.37. The lowest BCUT2D eigenvalue weighted by Crippen LogP contribution is -2.29. The second kappa shape index (κ2) is 5.98. The fourth-order valence-electron chi connectivity index (χ4n) is 2.19. The fraction of sp³-hybridized carbons (Fsp3) is 0.571. The third-order valence-corrected chi connectivity index (χ3v) is 3.48. The third kappa shape index (κ3) is 3.31. The van der Waals surface area contributed by atoms with Crippen LogP contribution in [0.15, 0.2) is 12.3 Å². The maximum atomic E-state index is 12.4. The molecule has 0 radical (unpaired) electrons. The van der Waals surface area contributed by atoms with E-state index in [4.69, 9.17) is 5.73 Å². The van der Waals surface area contributed by atoms with Crippen LogP contribution in [-0.2, 0) is 9.53 Å². The SMILES string of the molecule is COC(=O)CCCN(C)C(=O)c1cc(N)cn1C1CC1. The summed E-state index contributed by atoms with van der Waals surface area (Å²) in [5.74, 6) is -0.310. The molecule has 0 saturated heterocycles. The number of ether oxygens (including phenoxy) is 1. The van der Waals surface area contributed by atoms with Crippen molar-refractivity contribution in [3.63, 3.8) is 0 Å². The van der Waals surface area contributed by atoms with Gasteiger partial charge in [0.25, 0.3) is 5.91 Å². The van der Waals surface area contributed by atoms with Gasteiger partial charge in [0.1, 0.15) is 5.69 Å². The first-order valence-corrected chi connectivity index (χ1v) is 6.82. The van der Waals surface area contributed by atoms with E-state index in [9.17, 15) is 9.59 Å². The van der Waals surface area contributed by atoms with Crippen molar-refractivity contribution in [2.24, 2.45) is 0 Å². The molecule has 2 rings (SSSR count). The Bertz CT molecular complexity index is 506. The van der Waals surface area contributed by atoms with E-state index in [-0.39, 0.29) is 11.9 Å². The molecule has 1 heterocycles. The summed E-state index contributed by atoms with van der Waals surface area (Å²) in [6.07, 6.45) is 4.93. The largest absolute Gasteiger partial charge is 0.469 e. The third-order valence-electron chi connectivity index (χ3n) is 3.48. The van der Waals surface area contributed by atoms with Gasteiger partial charge in [-0.2, -0.15) is 0 Å². The van der Waals surface area contributed by atoms with Crippen LogP contribution in [0.5, 0.6) is 0 Å². The topological polar surface area (TPSA) is 77.6 Å². The fourth-order valence-corrected chi connectivity index (χ4v) is 2.19. The van der Waals surface area contributed by atoms with Gasteiger partial charge in [-0.15, -0.1) is 0 Å². The van der Waals surface area contributed by atoms with Crippen molar-refractivity contribution in [1.29, 1.82) is 0 Å². The lowest BCUT2D eigenvalue weighted by atomic mass is 10.3. The van der Waals surface area contributed by atoms with Crippen LogP contribution >= 0.6 is 0 Å². The summed E-state index contributed by atoms with van der Waals surface area (Å²) >= 11 is 0. The van der Waals surface area contributed by atoms with E-state index in [1.54, 1.807) is 18.0 Å². The van der Waals surface area contributed by atoms with Gasteiger partial charge >= 0.3 is 5.97 Å². The van der Waals surface area contributed by atoms with E-state index in [1.165, 1.54) is 7.11 Å². The maximum Gasteiger partial charge on any atom is 0.305 e. The van der Waals surface area contributed by atoms with Gasteiger partial charge in [0.2, 0.25) is 0 Å². The van der Waals surface area contributed by atoms with Crippen LogP contribution in [0.25, 0.3) is 0 Å². The molecule has 20 heavy (non-hydrogen) atoms. The molecule has 1 saturated carbocycles. The molecule has 6 heteroatoms. The molecule has 1 aliphatic carbocycles. The summed E-state index contributed by atoms with van der Waals surface area (Å²) in [5.41, 5.74) is 7.03. The molecule has 0 unspecified atom stereocenters. The number of rotatable bonds is 6. The van der Waals surface area contributed by atoms with E-state index in [1.807, 2.05) is 10.8 Å². The van der Waals surface area contributed by atoms with Crippen LogP contribution in [0, 0.1) is 0 Å². The summed E-state index contributed by atoms with van der Waals surface area (Å²) in [6.45, 7) is 0.518. The lowest BCUT2D eigenvalue weighted by Gasteiger charge is -2.18. The Balaban J connectivity index is 1.94. The molecular weight excluding hydrogens is 258 g/mol. The van der Waals surface area contributed by atoms with Crippen molar-refractivity contribution >= 4 is 17.6 Å². The summed E-state index contributed by atoms with van der Waals surface area (Å²) in [7, 11) is 3.10. The normalized spacial score (nSPS) is 14.1. The molecule has 1 aromatic heterocycles. The zero-order valence-corrected chi connectivity index (χ0v) is 12.0. The quantitative estimate of drug-likeness (QED) is 0.799. The lowest BCUT2D eigenvalue weighted by molar-refractivity contribution is -0.140. The monoisotopic (exact) mass is 279 g/mol. The van der Waals surface area contributed by atoms with Crippen molar-refractivity contribution in [3.05, 3.63) is 18.0 Å². The molecule has 0 spiro atoms. The number of nitrogen functional groups attached to an aromatic ring is 1. The van der Waals surface area contributed by atoms with Crippen LogP contribution in [0.4, 0.5) is 5.69 Å². The second-order valence-electron chi connectivity index (χ2n) is 5.20. The number of esters is 1. The summed E-state index contributed by atoms with van der Waals surface area (Å²) in [4.78, 5) is 25.1. The Morgan fingerprint density at radius 1 is 1.50 bits per heavy atom. The molecule has 1 fully saturated rings. The number of nitrogens with two attached hydrogens (primary N) is 1. The van der Waals surface area contributed by atoms with Gasteiger partial charge in [-0.1, -0.05) is 0 Å². The molecule has 0 atom stereocenters. The molecule has 0 aliphatic heterocycles. The van der Waals surface area contributed by atoms with Crippen molar-refractivity contribution in [2.75, 3.05) is 26.4 Å². The van der Waals surface area contributed by atoms with E-state index >= 15 is 0 Å². The highest BCUT2D eigenvalue weighted by Gasteiger charge is 2.28. The first-order chi connectivity index (χ1) is 9.52. The Kier molecular flexibility index (Phi) is 4.32. The number of aromatic nitrogens is 1. The van der Waals surface area contributed by atoms with E-state index in [2.05, 4.69) is 4.74 Å². The molecule has 110 valence electrons. The van der Waals surface area contributed by atoms with Gasteiger partial charge in [0, 0.05) is 32.3 Å². The standard InChI is InChI=1S/C14H21N3O3/c1-16(7-3-4-13(18)20-2)14(19)12-8-10(15)9-17(12)11-5-6-11/h8-9,11H,3-7,15H2,1-2H3. The number of carbonyl (C=O) groups is 2. The Labute approximate surface area is 118 Å². The van der Waals surface area contributed by atoms with Crippen molar-refractivity contribution in [1.82, 2.24) is 9.47 Å². The molecule has 1 aliphatic rings. The molecule has 1 amide bonds. The maximum absolute atomic E-state index is 12.4. The number of methoxy groups -OCH3 is 1. The molecule has 0 bridgehead atoms. The first kappa shape index (κ1) is 14.4. The highest BCUT2D eigenvalue weighted by atomic mass is 16.5. The number of carbonyl (C=O) groups excluding carboxylic acids is 2. The Morgan fingerprint density at radius 2 is 2.20 bits per heavy atom. The number of amides is 1. The van der Waals surface area contributed by atoms with Crippen molar-refractivity contribution < 1.29 is 14.3 Å². The molecular formula is C14H21N3O3. The zero-order chi connectivity index (χ0) is 14.7. The van der Waals surface area contributed by atoms with Crippen molar-refractivity contribution in [2.45, 2.75) is 31.7 Å². The molecule has 2 N–H and O–H groups in total. The van der Waals surface area contributed by atoms with Crippen molar-refractivity contribution in [3.8, 4) is 0 Å². The predicted molar refractivity (Wildman–Crippen MR) is 75.3 cm³/mol. The molecule has 1 aromatic rings. The van der Waals surface area contributed by atoms with Crippen LogP contribution in [0.1, 0.15) is 42.2 Å². The average molecular weight is 279 g/mol. The smallest absolute Gasteiger partial charge is 0.305 e. The van der Waals surface area contributed by atoms with Gasteiger partial charge < -0.3 is 19.9 Å². The Hall–Kier alpha value is -1.98. The van der Waals surface area contributed by atoms with E-state index in [0.29, 0.717) is 36.8 Å². The van der Waals surface area contributed by atoms with Crippen LogP contribution < -0.4 is 5.73 Å². The van der Waals surface area contributed by atoms with Gasteiger partial charge in [-0.3, -0.25) is 9.59 Å². The van der Waals surface area contributed by atoms with Crippen LogP contribution in [-0.4, -0.2) is 42.0 Å². The minimum absolute atomic E-state index is 0.0570. The number of anilines is 1. The summed E-state index contributed by atoms with van der Waals surface area (Å²) in [5, 5.41) is 0. The van der Waals surface area contributed by atoms with E-state index in [0.717, 1.165) is 12.8 Å². The summed E-state index contributed by atoms with van der Waals surface area (Å²) < 4.78 is 6.54. The Morgan fingerprint density at radius 3 is 2.80 bits per heavy atom. The van der Waals surface area contributed by atoms with Gasteiger partial charge in [-0.05, 0) is 25.3 Å². The number of hydrogen-bond donors (Lipinski definition) is 1. The number of hydrogen-bond acceptors (Lipinski definition) is 4. The van der Waals surface area contributed by atoms with Crippen LogP contribution in [0.2, 0.25) is 0 Å². The second-order valence-corrected chi connectivity index (χ2v) is 5.20. The number of nitrogens with zero attached hydrogens (tertiary/aromatic N) is 2. The highest BCUT2D eigenvalue weighted by molar-refractivity contribution is 5.93.